The van der Waals surface area contributed by atoms with Gasteiger partial charge in [-0.25, -0.2) is 9.98 Å². The third-order valence-corrected chi connectivity index (χ3v) is 3.91. The van der Waals surface area contributed by atoms with Gasteiger partial charge >= 0.3 is 0 Å². The van der Waals surface area contributed by atoms with Crippen LogP contribution in [0.4, 0.5) is 0 Å². The third kappa shape index (κ3) is 4.46. The van der Waals surface area contributed by atoms with E-state index >= 15 is 0 Å². The monoisotopic (exact) mass is 294 g/mol. The summed E-state index contributed by atoms with van der Waals surface area (Å²) < 4.78 is 5.52. The topological polar surface area (TPSA) is 82.7 Å². The lowest BCUT2D eigenvalue weighted by molar-refractivity contribution is 0.0522. The largest absolute Gasteiger partial charge is 0.444 e. The first kappa shape index (κ1) is 15.8. The second-order valence-corrected chi connectivity index (χ2v) is 5.73. The lowest BCUT2D eigenvalue weighted by Crippen LogP contribution is -2.46. The van der Waals surface area contributed by atoms with E-state index in [1.807, 2.05) is 20.8 Å². The van der Waals surface area contributed by atoms with Crippen molar-refractivity contribution in [1.82, 2.24) is 15.6 Å². The van der Waals surface area contributed by atoms with Crippen LogP contribution >= 0.6 is 0 Å². The first-order chi connectivity index (χ1) is 10.0. The molecule has 3 N–H and O–H groups in total. The lowest BCUT2D eigenvalue weighted by Gasteiger charge is -2.23. The molecule has 1 saturated carbocycles. The second kappa shape index (κ2) is 6.93. The number of aliphatic imine (C=N–C) groups is 1. The first-order valence-corrected chi connectivity index (χ1v) is 7.70. The zero-order chi connectivity index (χ0) is 15.3. The van der Waals surface area contributed by atoms with Crippen LogP contribution in [-0.4, -0.2) is 34.7 Å². The van der Waals surface area contributed by atoms with Crippen molar-refractivity contribution < 1.29 is 9.52 Å². The standard InChI is InChI=1S/C15H26N4O2/c1-4-16-14(18-10-15(20)7-5-6-8-15)17-9-13-19-11(2)12(3)21-13/h20H,4-10H2,1-3H3,(H2,16,17,18). The molecule has 0 aliphatic heterocycles. The average molecular weight is 294 g/mol. The molecule has 2 rings (SSSR count). The average Bonchev–Trinajstić information content (AvgIpc) is 3.01. The summed E-state index contributed by atoms with van der Waals surface area (Å²) in [4.78, 5) is 8.77. The highest BCUT2D eigenvalue weighted by Gasteiger charge is 2.30. The van der Waals surface area contributed by atoms with Crippen molar-refractivity contribution in [2.75, 3.05) is 13.1 Å². The number of rotatable bonds is 5. The molecule has 21 heavy (non-hydrogen) atoms. The van der Waals surface area contributed by atoms with Crippen LogP contribution < -0.4 is 10.6 Å². The molecule has 0 bridgehead atoms. The van der Waals surface area contributed by atoms with Gasteiger partial charge in [-0.1, -0.05) is 12.8 Å². The number of guanidine groups is 1. The molecule has 0 amide bonds. The van der Waals surface area contributed by atoms with E-state index in [2.05, 4.69) is 20.6 Å². The molecule has 0 unspecified atom stereocenters. The third-order valence-electron chi connectivity index (χ3n) is 3.91. The summed E-state index contributed by atoms with van der Waals surface area (Å²) in [6.07, 6.45) is 3.91. The highest BCUT2D eigenvalue weighted by Crippen LogP contribution is 2.28. The molecule has 0 saturated heterocycles. The number of aliphatic hydroxyl groups is 1. The number of oxazole rings is 1. The van der Waals surface area contributed by atoms with Gasteiger partial charge < -0.3 is 20.2 Å². The first-order valence-electron chi connectivity index (χ1n) is 7.70. The fourth-order valence-corrected chi connectivity index (χ4v) is 2.55. The second-order valence-electron chi connectivity index (χ2n) is 5.73. The fourth-order valence-electron chi connectivity index (χ4n) is 2.55. The maximum atomic E-state index is 10.4. The fraction of sp³-hybridized carbons (Fsp3) is 0.733. The van der Waals surface area contributed by atoms with Gasteiger partial charge in [0.25, 0.3) is 0 Å². The number of hydrogen-bond acceptors (Lipinski definition) is 4. The SMILES string of the molecule is CCNC(=NCc1nc(C)c(C)o1)NCC1(O)CCCC1. The predicted molar refractivity (Wildman–Crippen MR) is 82.2 cm³/mol. The molecule has 1 aliphatic carbocycles. The van der Waals surface area contributed by atoms with E-state index in [1.165, 1.54) is 0 Å². The number of nitrogens with zero attached hydrogens (tertiary/aromatic N) is 2. The molecule has 0 aromatic carbocycles. The molecular formula is C15H26N4O2. The summed E-state index contributed by atoms with van der Waals surface area (Å²) in [6.45, 7) is 7.53. The van der Waals surface area contributed by atoms with Gasteiger partial charge in [-0.3, -0.25) is 0 Å². The molecule has 1 heterocycles. The van der Waals surface area contributed by atoms with Gasteiger partial charge in [0, 0.05) is 13.1 Å². The summed E-state index contributed by atoms with van der Waals surface area (Å²) in [5.74, 6) is 2.13. The van der Waals surface area contributed by atoms with E-state index < -0.39 is 5.60 Å². The molecule has 6 heteroatoms. The number of nitrogens with one attached hydrogen (secondary N) is 2. The van der Waals surface area contributed by atoms with Crippen molar-refractivity contribution in [3.63, 3.8) is 0 Å². The van der Waals surface area contributed by atoms with Gasteiger partial charge in [0.2, 0.25) is 5.89 Å². The van der Waals surface area contributed by atoms with Crippen molar-refractivity contribution in [2.45, 2.75) is 58.6 Å². The summed E-state index contributed by atoms with van der Waals surface area (Å²) in [7, 11) is 0. The predicted octanol–water partition coefficient (Wildman–Crippen LogP) is 1.65. The van der Waals surface area contributed by atoms with Crippen LogP contribution in [0.15, 0.2) is 9.41 Å². The van der Waals surface area contributed by atoms with Gasteiger partial charge in [0.1, 0.15) is 12.3 Å². The Morgan fingerprint density at radius 2 is 2.05 bits per heavy atom. The molecule has 1 fully saturated rings. The highest BCUT2D eigenvalue weighted by molar-refractivity contribution is 5.79. The summed E-state index contributed by atoms with van der Waals surface area (Å²) in [5.41, 5.74) is 0.310. The van der Waals surface area contributed by atoms with Crippen molar-refractivity contribution in [3.8, 4) is 0 Å². The smallest absolute Gasteiger partial charge is 0.216 e. The maximum Gasteiger partial charge on any atom is 0.216 e. The number of aromatic nitrogens is 1. The zero-order valence-corrected chi connectivity index (χ0v) is 13.2. The Bertz CT molecular complexity index is 470. The van der Waals surface area contributed by atoms with Gasteiger partial charge in [-0.2, -0.15) is 0 Å². The number of hydrogen-bond donors (Lipinski definition) is 3. The van der Waals surface area contributed by atoms with Crippen LogP contribution in [0.5, 0.6) is 0 Å². The molecule has 1 aromatic rings. The summed E-state index contributed by atoms with van der Waals surface area (Å²) in [6, 6.07) is 0. The van der Waals surface area contributed by atoms with Crippen molar-refractivity contribution >= 4 is 5.96 Å². The van der Waals surface area contributed by atoms with E-state index in [9.17, 15) is 5.11 Å². The van der Waals surface area contributed by atoms with E-state index in [0.717, 1.165) is 43.7 Å². The molecule has 0 radical (unpaired) electrons. The normalized spacial score (nSPS) is 18.0. The molecule has 0 spiro atoms. The summed E-state index contributed by atoms with van der Waals surface area (Å²) in [5, 5.41) is 16.7. The van der Waals surface area contributed by atoms with Crippen LogP contribution in [0.3, 0.4) is 0 Å². The quantitative estimate of drug-likeness (QED) is 0.568. The molecule has 1 aliphatic rings. The van der Waals surface area contributed by atoms with Gasteiger partial charge in [-0.05, 0) is 33.6 Å². The Morgan fingerprint density at radius 1 is 1.33 bits per heavy atom. The van der Waals surface area contributed by atoms with E-state index in [0.29, 0.717) is 24.9 Å². The van der Waals surface area contributed by atoms with E-state index in [4.69, 9.17) is 4.42 Å². The van der Waals surface area contributed by atoms with Crippen molar-refractivity contribution in [1.29, 1.82) is 0 Å². The highest BCUT2D eigenvalue weighted by atomic mass is 16.4. The van der Waals surface area contributed by atoms with E-state index in [1.54, 1.807) is 0 Å². The Balaban J connectivity index is 1.92. The Labute approximate surface area is 126 Å². The minimum Gasteiger partial charge on any atom is -0.444 e. The van der Waals surface area contributed by atoms with Crippen LogP contribution in [0.1, 0.15) is 50.0 Å². The van der Waals surface area contributed by atoms with Crippen LogP contribution in [0, 0.1) is 13.8 Å². The minimum absolute atomic E-state index is 0.391. The Kier molecular flexibility index (Phi) is 5.22. The van der Waals surface area contributed by atoms with Crippen molar-refractivity contribution in [2.24, 2.45) is 4.99 Å². The zero-order valence-electron chi connectivity index (χ0n) is 13.2. The summed E-state index contributed by atoms with van der Waals surface area (Å²) >= 11 is 0. The minimum atomic E-state index is -0.591. The lowest BCUT2D eigenvalue weighted by atomic mass is 10.0. The Hall–Kier alpha value is -1.56. The molecule has 1 aromatic heterocycles. The maximum absolute atomic E-state index is 10.4. The van der Waals surface area contributed by atoms with Crippen LogP contribution in [-0.2, 0) is 6.54 Å². The Morgan fingerprint density at radius 3 is 2.62 bits per heavy atom. The van der Waals surface area contributed by atoms with E-state index in [-0.39, 0.29) is 0 Å². The molecule has 6 nitrogen and oxygen atoms in total. The van der Waals surface area contributed by atoms with Crippen molar-refractivity contribution in [3.05, 3.63) is 17.3 Å². The van der Waals surface area contributed by atoms with Gasteiger partial charge in [-0.15, -0.1) is 0 Å². The molecular weight excluding hydrogens is 268 g/mol. The molecule has 118 valence electrons. The van der Waals surface area contributed by atoms with Gasteiger partial charge in [0.05, 0.1) is 11.3 Å². The van der Waals surface area contributed by atoms with Crippen LogP contribution in [0.2, 0.25) is 0 Å². The number of aryl methyl sites for hydroxylation is 2. The molecule has 0 atom stereocenters. The van der Waals surface area contributed by atoms with Gasteiger partial charge in [0.15, 0.2) is 5.96 Å². The van der Waals surface area contributed by atoms with Crippen LogP contribution in [0.25, 0.3) is 0 Å².